The Morgan fingerprint density at radius 2 is 2.44 bits per heavy atom. The van der Waals surface area contributed by atoms with Crippen LogP contribution in [0.1, 0.15) is 17.8 Å². The molecule has 0 aromatic carbocycles. The molecule has 1 fully saturated rings. The number of carbonyl (C=O) groups excluding carboxylic acids is 1. The largest absolute Gasteiger partial charge is 0.391 e. The molecule has 0 saturated carbocycles. The van der Waals surface area contributed by atoms with E-state index in [1.807, 2.05) is 0 Å². The number of aliphatic hydroxyl groups excluding tert-OH is 1. The molecule has 1 unspecified atom stereocenters. The van der Waals surface area contributed by atoms with Crippen molar-refractivity contribution in [3.63, 3.8) is 0 Å². The van der Waals surface area contributed by atoms with Gasteiger partial charge in [0.25, 0.3) is 0 Å². The number of hydrogen-bond acceptors (Lipinski definition) is 4. The molecule has 1 amide bonds. The molecule has 2 rings (SSSR count). The molecule has 16 heavy (non-hydrogen) atoms. The normalized spacial score (nSPS) is 20.6. The Labute approximate surface area is 98.1 Å². The Hall–Kier alpha value is -1.20. The van der Waals surface area contributed by atoms with Crippen LogP contribution in [-0.2, 0) is 11.4 Å². The molecule has 5 nitrogen and oxygen atoms in total. The lowest BCUT2D eigenvalue weighted by molar-refractivity contribution is -0.117. The zero-order valence-corrected chi connectivity index (χ0v) is 9.61. The van der Waals surface area contributed by atoms with Gasteiger partial charge in [-0.1, -0.05) is 0 Å². The topological polar surface area (TPSA) is 66.3 Å². The number of aliphatic hydroxyl groups is 1. The SMILES string of the molecule is Cc1ncc(CO)c(N2CC(Cl)CC2=O)n1. The Morgan fingerprint density at radius 3 is 3.00 bits per heavy atom. The first-order chi connectivity index (χ1) is 7.61. The summed E-state index contributed by atoms with van der Waals surface area (Å²) in [6.45, 7) is 1.99. The van der Waals surface area contributed by atoms with Gasteiger partial charge in [0.15, 0.2) is 0 Å². The van der Waals surface area contributed by atoms with Gasteiger partial charge in [0.05, 0.1) is 12.0 Å². The van der Waals surface area contributed by atoms with E-state index in [2.05, 4.69) is 9.97 Å². The third-order valence-corrected chi connectivity index (χ3v) is 2.76. The van der Waals surface area contributed by atoms with Crippen molar-refractivity contribution >= 4 is 23.3 Å². The van der Waals surface area contributed by atoms with Crippen LogP contribution in [0.25, 0.3) is 0 Å². The molecular formula is C10H12ClN3O2. The summed E-state index contributed by atoms with van der Waals surface area (Å²) in [5.74, 6) is 0.981. The minimum atomic E-state index is -0.188. The molecule has 0 spiro atoms. The lowest BCUT2D eigenvalue weighted by atomic mass is 10.3. The van der Waals surface area contributed by atoms with Crippen molar-refractivity contribution in [3.05, 3.63) is 17.6 Å². The monoisotopic (exact) mass is 241 g/mol. The van der Waals surface area contributed by atoms with Gasteiger partial charge in [-0.25, -0.2) is 9.97 Å². The smallest absolute Gasteiger partial charge is 0.229 e. The predicted molar refractivity (Wildman–Crippen MR) is 59.3 cm³/mol. The number of hydrogen-bond donors (Lipinski definition) is 1. The molecule has 1 aromatic rings. The number of halogens is 1. The summed E-state index contributed by atoms with van der Waals surface area (Å²) in [5, 5.41) is 8.99. The van der Waals surface area contributed by atoms with Gasteiger partial charge in [-0.15, -0.1) is 11.6 Å². The minimum Gasteiger partial charge on any atom is -0.391 e. The van der Waals surface area contributed by atoms with Gasteiger partial charge < -0.3 is 5.11 Å². The average Bonchev–Trinajstić information content (AvgIpc) is 2.57. The fraction of sp³-hybridized carbons (Fsp3) is 0.500. The molecule has 0 bridgehead atoms. The average molecular weight is 242 g/mol. The fourth-order valence-electron chi connectivity index (χ4n) is 1.70. The Kier molecular flexibility index (Phi) is 3.07. The number of rotatable bonds is 2. The van der Waals surface area contributed by atoms with Crippen molar-refractivity contribution in [2.24, 2.45) is 0 Å². The standard InChI is InChI=1S/C10H12ClN3O2/c1-6-12-3-7(5-15)10(13-6)14-4-8(11)2-9(14)16/h3,8,15H,2,4-5H2,1H3. The zero-order valence-electron chi connectivity index (χ0n) is 8.85. The molecule has 1 saturated heterocycles. The highest BCUT2D eigenvalue weighted by molar-refractivity contribution is 6.24. The van der Waals surface area contributed by atoms with Gasteiger partial charge in [-0.05, 0) is 6.92 Å². The van der Waals surface area contributed by atoms with Gasteiger partial charge >= 0.3 is 0 Å². The molecule has 6 heteroatoms. The lowest BCUT2D eigenvalue weighted by Gasteiger charge is -2.17. The highest BCUT2D eigenvalue weighted by Gasteiger charge is 2.31. The first kappa shape index (κ1) is 11.3. The van der Waals surface area contributed by atoms with Crippen molar-refractivity contribution in [3.8, 4) is 0 Å². The molecular weight excluding hydrogens is 230 g/mol. The van der Waals surface area contributed by atoms with Crippen molar-refractivity contribution in [2.45, 2.75) is 25.3 Å². The molecule has 1 N–H and O–H groups in total. The van der Waals surface area contributed by atoms with Crippen LogP contribution in [0, 0.1) is 6.92 Å². The van der Waals surface area contributed by atoms with Crippen LogP contribution in [0.3, 0.4) is 0 Å². The molecule has 0 aliphatic carbocycles. The first-order valence-electron chi connectivity index (χ1n) is 4.99. The number of anilines is 1. The molecule has 1 aliphatic heterocycles. The Morgan fingerprint density at radius 1 is 1.69 bits per heavy atom. The summed E-state index contributed by atoms with van der Waals surface area (Å²) < 4.78 is 0. The van der Waals surface area contributed by atoms with E-state index in [4.69, 9.17) is 11.6 Å². The van der Waals surface area contributed by atoms with E-state index < -0.39 is 0 Å². The van der Waals surface area contributed by atoms with Crippen LogP contribution in [0.2, 0.25) is 0 Å². The van der Waals surface area contributed by atoms with Crippen LogP contribution in [0.4, 0.5) is 5.82 Å². The van der Waals surface area contributed by atoms with Crippen LogP contribution >= 0.6 is 11.6 Å². The van der Waals surface area contributed by atoms with Crippen molar-refractivity contribution in [1.29, 1.82) is 0 Å². The fourth-order valence-corrected chi connectivity index (χ4v) is 1.97. The second-order valence-electron chi connectivity index (χ2n) is 3.73. The second-order valence-corrected chi connectivity index (χ2v) is 4.35. The Bertz CT molecular complexity index is 425. The number of carbonyl (C=O) groups is 1. The van der Waals surface area contributed by atoms with Crippen molar-refractivity contribution in [2.75, 3.05) is 11.4 Å². The molecule has 1 atom stereocenters. The van der Waals surface area contributed by atoms with Crippen LogP contribution in [0.15, 0.2) is 6.20 Å². The quantitative estimate of drug-likeness (QED) is 0.771. The Balaban J connectivity index is 2.39. The molecule has 1 aliphatic rings. The van der Waals surface area contributed by atoms with Gasteiger partial charge in [-0.3, -0.25) is 9.69 Å². The number of nitrogens with zero attached hydrogens (tertiary/aromatic N) is 3. The molecule has 86 valence electrons. The van der Waals surface area contributed by atoms with Crippen molar-refractivity contribution < 1.29 is 9.90 Å². The van der Waals surface area contributed by atoms with Gasteiger partial charge in [0.2, 0.25) is 5.91 Å². The summed E-state index contributed by atoms with van der Waals surface area (Å²) in [6, 6.07) is 0. The third kappa shape index (κ3) is 2.01. The lowest BCUT2D eigenvalue weighted by Crippen LogP contribution is -2.27. The maximum Gasteiger partial charge on any atom is 0.229 e. The summed E-state index contributed by atoms with van der Waals surface area (Å²) >= 11 is 5.92. The third-order valence-electron chi connectivity index (χ3n) is 2.47. The van der Waals surface area contributed by atoms with E-state index in [0.717, 1.165) is 0 Å². The summed E-state index contributed by atoms with van der Waals surface area (Å²) in [7, 11) is 0. The molecule has 1 aromatic heterocycles. The minimum absolute atomic E-state index is 0.0622. The van der Waals surface area contributed by atoms with Gasteiger partial charge in [0, 0.05) is 24.7 Å². The van der Waals surface area contributed by atoms with Crippen LogP contribution in [0.5, 0.6) is 0 Å². The van der Waals surface area contributed by atoms with E-state index in [1.165, 1.54) is 11.1 Å². The summed E-state index contributed by atoms with van der Waals surface area (Å²) in [4.78, 5) is 21.3. The second kappa shape index (κ2) is 4.35. The van der Waals surface area contributed by atoms with E-state index in [0.29, 0.717) is 30.2 Å². The van der Waals surface area contributed by atoms with E-state index >= 15 is 0 Å². The molecule has 2 heterocycles. The van der Waals surface area contributed by atoms with Gasteiger partial charge in [-0.2, -0.15) is 0 Å². The van der Waals surface area contributed by atoms with E-state index in [9.17, 15) is 9.90 Å². The van der Waals surface area contributed by atoms with Crippen molar-refractivity contribution in [1.82, 2.24) is 9.97 Å². The first-order valence-corrected chi connectivity index (χ1v) is 5.43. The zero-order chi connectivity index (χ0) is 11.7. The number of aryl methyl sites for hydroxylation is 1. The number of aromatic nitrogens is 2. The highest BCUT2D eigenvalue weighted by Crippen LogP contribution is 2.25. The number of alkyl halides is 1. The van der Waals surface area contributed by atoms with Gasteiger partial charge in [0.1, 0.15) is 11.6 Å². The number of amides is 1. The predicted octanol–water partition coefficient (Wildman–Crippen LogP) is 0.621. The van der Waals surface area contributed by atoms with E-state index in [1.54, 1.807) is 6.92 Å². The van der Waals surface area contributed by atoms with Crippen LogP contribution < -0.4 is 4.90 Å². The summed E-state index contributed by atoms with van der Waals surface area (Å²) in [5.41, 5.74) is 0.546. The maximum absolute atomic E-state index is 11.7. The molecule has 0 radical (unpaired) electrons. The summed E-state index contributed by atoms with van der Waals surface area (Å²) in [6.07, 6.45) is 1.85. The highest BCUT2D eigenvalue weighted by atomic mass is 35.5. The maximum atomic E-state index is 11.7. The van der Waals surface area contributed by atoms with Crippen LogP contribution in [-0.4, -0.2) is 32.9 Å². The van der Waals surface area contributed by atoms with E-state index in [-0.39, 0.29) is 17.9 Å².